The minimum atomic E-state index is -0.188. The molecule has 90 valence electrons. The van der Waals surface area contributed by atoms with Crippen molar-refractivity contribution >= 4 is 33.5 Å². The fourth-order valence-electron chi connectivity index (χ4n) is 2.00. The van der Waals surface area contributed by atoms with Crippen molar-refractivity contribution in [1.29, 1.82) is 0 Å². The second-order valence-corrected chi connectivity index (χ2v) is 5.08. The van der Waals surface area contributed by atoms with Crippen molar-refractivity contribution in [1.82, 2.24) is 9.78 Å². The van der Waals surface area contributed by atoms with Gasteiger partial charge in [0.05, 0.1) is 12.1 Å². The quantitative estimate of drug-likeness (QED) is 0.641. The summed E-state index contributed by atoms with van der Waals surface area (Å²) in [6, 6.07) is 14.8. The number of hydrogen-bond donors (Lipinski definition) is 0. The summed E-state index contributed by atoms with van der Waals surface area (Å²) < 4.78 is 16.4. The topological polar surface area (TPSA) is 17.8 Å². The first kappa shape index (κ1) is 11.6. The smallest absolute Gasteiger partial charge is 0.131 e. The van der Waals surface area contributed by atoms with Crippen molar-refractivity contribution in [3.63, 3.8) is 0 Å². The first-order valence-corrected chi connectivity index (χ1v) is 6.68. The van der Waals surface area contributed by atoms with E-state index in [4.69, 9.17) is 0 Å². The molecule has 4 heteroatoms. The van der Waals surface area contributed by atoms with Gasteiger partial charge in [-0.15, -0.1) is 0 Å². The highest BCUT2D eigenvalue weighted by Crippen LogP contribution is 2.21. The zero-order chi connectivity index (χ0) is 12.5. The Hall–Kier alpha value is -1.43. The van der Waals surface area contributed by atoms with Crippen LogP contribution in [0.1, 0.15) is 5.56 Å². The van der Waals surface area contributed by atoms with Gasteiger partial charge in [-0.3, -0.25) is 4.68 Å². The molecular weight excluding hydrogens is 342 g/mol. The first-order chi connectivity index (χ1) is 8.75. The molecule has 0 amide bonds. The maximum absolute atomic E-state index is 13.6. The third-order valence-electron chi connectivity index (χ3n) is 2.89. The Bertz CT molecular complexity index is 706. The number of para-hydroxylation sites is 1. The van der Waals surface area contributed by atoms with E-state index in [1.807, 2.05) is 35.0 Å². The fourth-order valence-corrected chi connectivity index (χ4v) is 2.71. The van der Waals surface area contributed by atoms with Gasteiger partial charge in [-0.25, -0.2) is 4.39 Å². The molecular formula is C14H10FIN2. The van der Waals surface area contributed by atoms with Crippen LogP contribution in [0.5, 0.6) is 0 Å². The van der Waals surface area contributed by atoms with E-state index in [9.17, 15) is 4.39 Å². The van der Waals surface area contributed by atoms with Crippen molar-refractivity contribution in [2.24, 2.45) is 0 Å². The molecule has 0 N–H and O–H groups in total. The van der Waals surface area contributed by atoms with Crippen LogP contribution in [0.25, 0.3) is 10.9 Å². The lowest BCUT2D eigenvalue weighted by molar-refractivity contribution is 0.589. The number of halogens is 2. The van der Waals surface area contributed by atoms with Crippen molar-refractivity contribution in [3.8, 4) is 0 Å². The van der Waals surface area contributed by atoms with E-state index in [1.165, 1.54) is 6.07 Å². The van der Waals surface area contributed by atoms with E-state index < -0.39 is 0 Å². The highest BCUT2D eigenvalue weighted by atomic mass is 127. The van der Waals surface area contributed by atoms with E-state index in [0.717, 1.165) is 14.6 Å². The van der Waals surface area contributed by atoms with Gasteiger partial charge in [0, 0.05) is 10.9 Å². The molecule has 0 saturated heterocycles. The van der Waals surface area contributed by atoms with E-state index in [0.29, 0.717) is 12.1 Å². The van der Waals surface area contributed by atoms with Crippen molar-refractivity contribution < 1.29 is 4.39 Å². The Morgan fingerprint density at radius 3 is 2.61 bits per heavy atom. The number of aromatic nitrogens is 2. The molecule has 0 aliphatic heterocycles. The van der Waals surface area contributed by atoms with Crippen LogP contribution in [-0.4, -0.2) is 9.78 Å². The Morgan fingerprint density at radius 2 is 1.78 bits per heavy atom. The predicted octanol–water partition coefficient (Wildman–Crippen LogP) is 3.83. The van der Waals surface area contributed by atoms with Crippen LogP contribution in [0, 0.1) is 9.52 Å². The third-order valence-corrected chi connectivity index (χ3v) is 3.69. The predicted molar refractivity (Wildman–Crippen MR) is 78.0 cm³/mol. The van der Waals surface area contributed by atoms with E-state index in [1.54, 1.807) is 12.1 Å². The molecule has 2 aromatic carbocycles. The summed E-state index contributed by atoms with van der Waals surface area (Å²) in [6.45, 7) is 0.455. The van der Waals surface area contributed by atoms with E-state index in [-0.39, 0.29) is 5.82 Å². The third kappa shape index (κ3) is 2.01. The zero-order valence-corrected chi connectivity index (χ0v) is 11.6. The summed E-state index contributed by atoms with van der Waals surface area (Å²) in [6.07, 6.45) is 0. The molecule has 3 aromatic rings. The summed E-state index contributed by atoms with van der Waals surface area (Å²) in [5.74, 6) is -0.188. The second-order valence-electron chi connectivity index (χ2n) is 4.06. The van der Waals surface area contributed by atoms with Gasteiger partial charge in [0.25, 0.3) is 0 Å². The van der Waals surface area contributed by atoms with Crippen LogP contribution in [-0.2, 0) is 6.54 Å². The Balaban J connectivity index is 2.08. The van der Waals surface area contributed by atoms with Crippen LogP contribution in [0.4, 0.5) is 4.39 Å². The molecule has 0 unspecified atom stereocenters. The molecule has 0 radical (unpaired) electrons. The summed E-state index contributed by atoms with van der Waals surface area (Å²) in [7, 11) is 0. The number of nitrogens with zero attached hydrogens (tertiary/aromatic N) is 2. The van der Waals surface area contributed by atoms with Crippen molar-refractivity contribution in [2.75, 3.05) is 0 Å². The van der Waals surface area contributed by atoms with Gasteiger partial charge in [-0.2, -0.15) is 5.10 Å². The van der Waals surface area contributed by atoms with Gasteiger partial charge in [-0.1, -0.05) is 36.4 Å². The van der Waals surface area contributed by atoms with Gasteiger partial charge in [-0.05, 0) is 34.7 Å². The monoisotopic (exact) mass is 352 g/mol. The lowest BCUT2D eigenvalue weighted by Gasteiger charge is -2.04. The number of hydrogen-bond acceptors (Lipinski definition) is 1. The maximum Gasteiger partial charge on any atom is 0.131 e. The Labute approximate surface area is 118 Å². The number of rotatable bonds is 2. The van der Waals surface area contributed by atoms with Crippen molar-refractivity contribution in [3.05, 3.63) is 63.6 Å². The molecule has 3 rings (SSSR count). The number of fused-ring (bicyclic) bond motifs is 1. The minimum Gasteiger partial charge on any atom is -0.259 e. The summed E-state index contributed by atoms with van der Waals surface area (Å²) >= 11 is 2.20. The van der Waals surface area contributed by atoms with E-state index >= 15 is 0 Å². The molecule has 2 nitrogen and oxygen atoms in total. The van der Waals surface area contributed by atoms with Crippen molar-refractivity contribution in [2.45, 2.75) is 6.54 Å². The Morgan fingerprint density at radius 1 is 1.06 bits per heavy atom. The molecule has 0 saturated carbocycles. The molecule has 0 atom stereocenters. The largest absolute Gasteiger partial charge is 0.259 e. The molecule has 0 spiro atoms. The highest BCUT2D eigenvalue weighted by Gasteiger charge is 2.09. The molecule has 1 aromatic heterocycles. The zero-order valence-electron chi connectivity index (χ0n) is 9.48. The lowest BCUT2D eigenvalue weighted by atomic mass is 10.2. The van der Waals surface area contributed by atoms with Gasteiger partial charge in [0.15, 0.2) is 0 Å². The molecule has 18 heavy (non-hydrogen) atoms. The van der Waals surface area contributed by atoms with Gasteiger partial charge < -0.3 is 0 Å². The molecule has 0 fully saturated rings. The van der Waals surface area contributed by atoms with Gasteiger partial charge >= 0.3 is 0 Å². The summed E-state index contributed by atoms with van der Waals surface area (Å²) in [5.41, 5.74) is 1.69. The molecule has 1 heterocycles. The fraction of sp³-hybridized carbons (Fsp3) is 0.0714. The summed E-state index contributed by atoms with van der Waals surface area (Å²) in [5, 5.41) is 5.57. The van der Waals surface area contributed by atoms with Gasteiger partial charge in [0.1, 0.15) is 9.52 Å². The highest BCUT2D eigenvalue weighted by molar-refractivity contribution is 14.1. The van der Waals surface area contributed by atoms with Crippen LogP contribution in [0.15, 0.2) is 48.5 Å². The summed E-state index contributed by atoms with van der Waals surface area (Å²) in [4.78, 5) is 0. The average molecular weight is 352 g/mol. The molecule has 0 aliphatic carbocycles. The Kier molecular flexibility index (Phi) is 3.03. The minimum absolute atomic E-state index is 0.188. The standard InChI is InChI=1S/C14H10FIN2/c15-12-7-3-1-5-10(12)9-18-13-8-4-2-6-11(13)14(16)17-18/h1-8H,9H2. The second kappa shape index (κ2) is 4.68. The van der Waals surface area contributed by atoms with Crippen LogP contribution in [0.2, 0.25) is 0 Å². The number of benzene rings is 2. The average Bonchev–Trinajstić information content (AvgIpc) is 2.70. The van der Waals surface area contributed by atoms with Crippen LogP contribution in [0.3, 0.4) is 0 Å². The molecule has 0 aliphatic rings. The van der Waals surface area contributed by atoms with Crippen LogP contribution >= 0.6 is 22.6 Å². The van der Waals surface area contributed by atoms with Crippen LogP contribution < -0.4 is 0 Å². The van der Waals surface area contributed by atoms with Gasteiger partial charge in [0.2, 0.25) is 0 Å². The first-order valence-electron chi connectivity index (χ1n) is 5.60. The SMILES string of the molecule is Fc1ccccc1Cn1nc(I)c2ccccc21. The molecule has 0 bridgehead atoms. The normalized spacial score (nSPS) is 11.0. The lowest BCUT2D eigenvalue weighted by Crippen LogP contribution is -2.03. The van der Waals surface area contributed by atoms with E-state index in [2.05, 4.69) is 27.7 Å². The maximum atomic E-state index is 13.6.